The number of nitrogens with one attached hydrogen (secondary N) is 1. The van der Waals surface area contributed by atoms with Gasteiger partial charge in [0.2, 0.25) is 10.0 Å². The predicted octanol–water partition coefficient (Wildman–Crippen LogP) is 2.25. The Morgan fingerprint density at radius 3 is 2.52 bits per heavy atom. The van der Waals surface area contributed by atoms with Crippen LogP contribution in [0.4, 0.5) is 0 Å². The third-order valence-corrected chi connectivity index (χ3v) is 4.90. The van der Waals surface area contributed by atoms with Gasteiger partial charge in [0.25, 0.3) is 0 Å². The van der Waals surface area contributed by atoms with E-state index in [0.717, 1.165) is 11.1 Å². The van der Waals surface area contributed by atoms with Crippen molar-refractivity contribution >= 4 is 10.0 Å². The van der Waals surface area contributed by atoms with Gasteiger partial charge in [0, 0.05) is 0 Å². The SMILES string of the molecule is Cc1ccc(CS(=O)(=O)NCC2COc3ccccc3O2)cc1. The number of fused-ring (bicyclic) bond motifs is 1. The van der Waals surface area contributed by atoms with Gasteiger partial charge in [0.15, 0.2) is 11.5 Å². The maximum Gasteiger partial charge on any atom is 0.215 e. The highest BCUT2D eigenvalue weighted by molar-refractivity contribution is 7.88. The highest BCUT2D eigenvalue weighted by atomic mass is 32.2. The first-order chi connectivity index (χ1) is 11.0. The molecule has 0 bridgehead atoms. The van der Waals surface area contributed by atoms with Crippen LogP contribution in [-0.2, 0) is 15.8 Å². The average molecular weight is 333 g/mol. The minimum Gasteiger partial charge on any atom is -0.486 e. The first-order valence-electron chi connectivity index (χ1n) is 7.43. The lowest BCUT2D eigenvalue weighted by Gasteiger charge is -2.26. The van der Waals surface area contributed by atoms with Gasteiger partial charge in [-0.3, -0.25) is 0 Å². The summed E-state index contributed by atoms with van der Waals surface area (Å²) in [5.74, 6) is 1.28. The highest BCUT2D eigenvalue weighted by Gasteiger charge is 2.22. The summed E-state index contributed by atoms with van der Waals surface area (Å²) < 4.78 is 38.2. The number of hydrogen-bond donors (Lipinski definition) is 1. The van der Waals surface area contributed by atoms with E-state index in [9.17, 15) is 8.42 Å². The molecule has 0 spiro atoms. The predicted molar refractivity (Wildman–Crippen MR) is 88.2 cm³/mol. The van der Waals surface area contributed by atoms with Crippen molar-refractivity contribution in [2.75, 3.05) is 13.2 Å². The number of sulfonamides is 1. The molecule has 122 valence electrons. The molecule has 1 heterocycles. The molecule has 0 fully saturated rings. The summed E-state index contributed by atoms with van der Waals surface area (Å²) >= 11 is 0. The summed E-state index contributed by atoms with van der Waals surface area (Å²) in [7, 11) is -3.41. The van der Waals surface area contributed by atoms with E-state index in [1.807, 2.05) is 55.5 Å². The van der Waals surface area contributed by atoms with Crippen molar-refractivity contribution in [1.29, 1.82) is 0 Å². The van der Waals surface area contributed by atoms with Gasteiger partial charge in [0.05, 0.1) is 12.3 Å². The maximum atomic E-state index is 12.2. The molecule has 1 aliphatic rings. The summed E-state index contributed by atoms with van der Waals surface area (Å²) in [5, 5.41) is 0. The van der Waals surface area contributed by atoms with Crippen LogP contribution in [0, 0.1) is 6.92 Å². The summed E-state index contributed by atoms with van der Waals surface area (Å²) in [6.45, 7) is 2.47. The monoisotopic (exact) mass is 333 g/mol. The second-order valence-corrected chi connectivity index (χ2v) is 7.40. The highest BCUT2D eigenvalue weighted by Crippen LogP contribution is 2.30. The van der Waals surface area contributed by atoms with Gasteiger partial charge in [-0.25, -0.2) is 13.1 Å². The number of hydrogen-bond acceptors (Lipinski definition) is 4. The van der Waals surface area contributed by atoms with Crippen molar-refractivity contribution < 1.29 is 17.9 Å². The Morgan fingerprint density at radius 2 is 1.78 bits per heavy atom. The molecule has 0 radical (unpaired) electrons. The fourth-order valence-corrected chi connectivity index (χ4v) is 3.51. The Kier molecular flexibility index (Phi) is 4.54. The van der Waals surface area contributed by atoms with Crippen LogP contribution in [0.3, 0.4) is 0 Å². The van der Waals surface area contributed by atoms with Crippen LogP contribution in [0.1, 0.15) is 11.1 Å². The Labute approximate surface area is 136 Å². The molecule has 3 rings (SSSR count). The van der Waals surface area contributed by atoms with Crippen molar-refractivity contribution in [3.8, 4) is 11.5 Å². The van der Waals surface area contributed by atoms with E-state index in [0.29, 0.717) is 18.1 Å². The third-order valence-electron chi connectivity index (χ3n) is 3.58. The van der Waals surface area contributed by atoms with Gasteiger partial charge >= 0.3 is 0 Å². The van der Waals surface area contributed by atoms with E-state index in [1.165, 1.54) is 0 Å². The second kappa shape index (κ2) is 6.60. The molecule has 1 atom stereocenters. The smallest absolute Gasteiger partial charge is 0.215 e. The van der Waals surface area contributed by atoms with Crippen LogP contribution < -0.4 is 14.2 Å². The van der Waals surface area contributed by atoms with E-state index in [2.05, 4.69) is 4.72 Å². The van der Waals surface area contributed by atoms with Gasteiger partial charge in [-0.1, -0.05) is 42.0 Å². The van der Waals surface area contributed by atoms with Crippen LogP contribution in [0.2, 0.25) is 0 Å². The summed E-state index contributed by atoms with van der Waals surface area (Å²) in [6, 6.07) is 14.8. The first kappa shape index (κ1) is 15.8. The van der Waals surface area contributed by atoms with Crippen molar-refractivity contribution in [3.05, 3.63) is 59.7 Å². The topological polar surface area (TPSA) is 64.6 Å². The minimum absolute atomic E-state index is 0.0442. The lowest BCUT2D eigenvalue weighted by Crippen LogP contribution is -2.41. The van der Waals surface area contributed by atoms with Crippen LogP contribution in [0.25, 0.3) is 0 Å². The Hall–Kier alpha value is -2.05. The van der Waals surface area contributed by atoms with Crippen molar-refractivity contribution in [3.63, 3.8) is 0 Å². The molecule has 2 aromatic carbocycles. The fourth-order valence-electron chi connectivity index (χ4n) is 2.34. The first-order valence-corrected chi connectivity index (χ1v) is 9.08. The van der Waals surface area contributed by atoms with E-state index < -0.39 is 10.0 Å². The van der Waals surface area contributed by atoms with Gasteiger partial charge in [-0.05, 0) is 24.6 Å². The lowest BCUT2D eigenvalue weighted by atomic mass is 10.2. The van der Waals surface area contributed by atoms with Gasteiger partial charge in [-0.15, -0.1) is 0 Å². The molecule has 2 aromatic rings. The van der Waals surface area contributed by atoms with Crippen LogP contribution in [-0.4, -0.2) is 27.7 Å². The van der Waals surface area contributed by atoms with Gasteiger partial charge in [-0.2, -0.15) is 0 Å². The molecule has 0 saturated carbocycles. The van der Waals surface area contributed by atoms with E-state index in [4.69, 9.17) is 9.47 Å². The molecule has 1 aliphatic heterocycles. The molecular weight excluding hydrogens is 314 g/mol. The zero-order valence-corrected chi connectivity index (χ0v) is 13.7. The normalized spacial score (nSPS) is 17.0. The summed E-state index contributed by atoms with van der Waals surface area (Å²) in [6.07, 6.45) is -0.335. The minimum atomic E-state index is -3.41. The molecule has 0 amide bonds. The molecule has 1 N–H and O–H groups in total. The molecule has 23 heavy (non-hydrogen) atoms. The zero-order valence-electron chi connectivity index (χ0n) is 12.9. The number of ether oxygens (including phenoxy) is 2. The lowest BCUT2D eigenvalue weighted by molar-refractivity contribution is 0.0943. The number of para-hydroxylation sites is 2. The van der Waals surface area contributed by atoms with Crippen LogP contribution in [0.5, 0.6) is 11.5 Å². The second-order valence-electron chi connectivity index (χ2n) is 5.59. The largest absolute Gasteiger partial charge is 0.486 e. The molecule has 0 aromatic heterocycles. The molecule has 0 saturated heterocycles. The quantitative estimate of drug-likeness (QED) is 0.911. The molecule has 5 nitrogen and oxygen atoms in total. The van der Waals surface area contributed by atoms with E-state index in [1.54, 1.807) is 0 Å². The van der Waals surface area contributed by atoms with Crippen LogP contribution in [0.15, 0.2) is 48.5 Å². The Balaban J connectivity index is 1.56. The summed E-state index contributed by atoms with van der Waals surface area (Å²) in [4.78, 5) is 0. The summed E-state index contributed by atoms with van der Waals surface area (Å²) in [5.41, 5.74) is 1.86. The van der Waals surface area contributed by atoms with E-state index in [-0.39, 0.29) is 18.4 Å². The van der Waals surface area contributed by atoms with E-state index >= 15 is 0 Å². The molecule has 1 unspecified atom stereocenters. The number of rotatable bonds is 5. The zero-order chi connectivity index (χ0) is 16.3. The third kappa shape index (κ3) is 4.24. The average Bonchev–Trinajstić information content (AvgIpc) is 2.55. The number of aryl methyl sites for hydroxylation is 1. The van der Waals surface area contributed by atoms with Crippen molar-refractivity contribution in [2.45, 2.75) is 18.8 Å². The van der Waals surface area contributed by atoms with Crippen molar-refractivity contribution in [1.82, 2.24) is 4.72 Å². The fraction of sp³-hybridized carbons (Fsp3) is 0.294. The number of benzene rings is 2. The molecular formula is C17H19NO4S. The molecule has 6 heteroatoms. The van der Waals surface area contributed by atoms with Crippen LogP contribution >= 0.6 is 0 Å². The molecule has 0 aliphatic carbocycles. The standard InChI is InChI=1S/C17H19NO4S/c1-13-6-8-14(9-7-13)12-23(19,20)18-10-15-11-21-16-4-2-3-5-17(16)22-15/h2-9,15,18H,10-12H2,1H3. The van der Waals surface area contributed by atoms with Gasteiger partial charge < -0.3 is 9.47 Å². The van der Waals surface area contributed by atoms with Crippen molar-refractivity contribution in [2.24, 2.45) is 0 Å². The Bertz CT molecular complexity index is 771. The van der Waals surface area contributed by atoms with Gasteiger partial charge in [0.1, 0.15) is 12.7 Å². The Morgan fingerprint density at radius 1 is 1.09 bits per heavy atom. The maximum absolute atomic E-state index is 12.2.